The zero-order chi connectivity index (χ0) is 17.5. The highest BCUT2D eigenvalue weighted by Gasteiger charge is 2.20. The molecule has 0 aromatic heterocycles. The average molecular weight is 327 g/mol. The molecule has 5 nitrogen and oxygen atoms in total. The maximum atomic E-state index is 12.2. The molecule has 0 saturated heterocycles. The van der Waals surface area contributed by atoms with E-state index >= 15 is 0 Å². The molecule has 0 heterocycles. The first-order valence-corrected chi connectivity index (χ1v) is 7.84. The van der Waals surface area contributed by atoms with E-state index in [1.54, 1.807) is 12.1 Å². The Kier molecular flexibility index (Phi) is 6.21. The van der Waals surface area contributed by atoms with E-state index in [1.165, 1.54) is 0 Å². The summed E-state index contributed by atoms with van der Waals surface area (Å²) in [7, 11) is 3.82. The summed E-state index contributed by atoms with van der Waals surface area (Å²) in [4.78, 5) is 37.6. The molecule has 0 unspecified atom stereocenters. The summed E-state index contributed by atoms with van der Waals surface area (Å²) < 4.78 is 4.89. The van der Waals surface area contributed by atoms with Gasteiger partial charge in [-0.2, -0.15) is 0 Å². The molecule has 0 aliphatic heterocycles. The molecule has 2 rings (SSSR count). The third-order valence-electron chi connectivity index (χ3n) is 3.60. The van der Waals surface area contributed by atoms with E-state index in [2.05, 4.69) is 0 Å². The van der Waals surface area contributed by atoms with Gasteiger partial charge in [0.15, 0.2) is 5.78 Å². The lowest BCUT2D eigenvalue weighted by molar-refractivity contribution is -0.153. The Balaban J connectivity index is 1.90. The number of ether oxygens (including phenoxy) is 1. The van der Waals surface area contributed by atoms with Crippen LogP contribution in [0.4, 0.5) is 0 Å². The van der Waals surface area contributed by atoms with Gasteiger partial charge in [-0.05, 0) is 37.4 Å². The number of benzene rings is 2. The second-order valence-electron chi connectivity index (χ2n) is 5.88. The molecule has 24 heavy (non-hydrogen) atoms. The van der Waals surface area contributed by atoms with Crippen LogP contribution in [0.2, 0.25) is 0 Å². The minimum atomic E-state index is -0.942. The van der Waals surface area contributed by atoms with E-state index in [0.29, 0.717) is 12.0 Å². The minimum absolute atomic E-state index is 0.174. The molecule has 0 fully saturated rings. The second kappa shape index (κ2) is 8.36. The molecule has 0 bridgehead atoms. The van der Waals surface area contributed by atoms with Crippen LogP contribution in [0, 0.1) is 0 Å². The molecule has 0 radical (unpaired) electrons. The Labute approximate surface area is 141 Å². The minimum Gasteiger partial charge on any atom is -0.460 e. The van der Waals surface area contributed by atoms with E-state index in [-0.39, 0.29) is 12.4 Å². The second-order valence-corrected chi connectivity index (χ2v) is 5.88. The molecule has 0 atom stereocenters. The van der Waals surface area contributed by atoms with E-state index in [1.807, 2.05) is 49.3 Å². The molecule has 2 aromatic carbocycles. The SMILES string of the molecule is CN(C)CCCOC(=O)C(=O)CC(=O)c1ccc2ccccc2c1. The predicted molar refractivity (Wildman–Crippen MR) is 92.0 cm³/mol. The normalized spacial score (nSPS) is 10.8. The number of ketones is 2. The Morgan fingerprint density at radius 1 is 1.00 bits per heavy atom. The Morgan fingerprint density at radius 3 is 2.42 bits per heavy atom. The summed E-state index contributed by atoms with van der Waals surface area (Å²) in [6, 6.07) is 12.9. The summed E-state index contributed by atoms with van der Waals surface area (Å²) >= 11 is 0. The Morgan fingerprint density at radius 2 is 1.71 bits per heavy atom. The standard InChI is InChI=1S/C19H21NO4/c1-20(2)10-5-11-24-19(23)18(22)13-17(21)16-9-8-14-6-3-4-7-15(14)12-16/h3-4,6-9,12H,5,10-11,13H2,1-2H3. The van der Waals surface area contributed by atoms with Crippen molar-refractivity contribution in [2.24, 2.45) is 0 Å². The van der Waals surface area contributed by atoms with Crippen molar-refractivity contribution < 1.29 is 19.1 Å². The summed E-state index contributed by atoms with van der Waals surface area (Å²) in [6.45, 7) is 0.935. The molecular formula is C19H21NO4. The Hall–Kier alpha value is -2.53. The van der Waals surface area contributed by atoms with Crippen LogP contribution in [0.1, 0.15) is 23.2 Å². The van der Waals surface area contributed by atoms with Gasteiger partial charge in [-0.3, -0.25) is 9.59 Å². The zero-order valence-electron chi connectivity index (χ0n) is 14.0. The summed E-state index contributed by atoms with van der Waals surface area (Å²) in [5.74, 6) is -2.13. The van der Waals surface area contributed by atoms with Crippen LogP contribution in [0.25, 0.3) is 10.8 Å². The highest BCUT2D eigenvalue weighted by Crippen LogP contribution is 2.16. The van der Waals surface area contributed by atoms with Gasteiger partial charge in [-0.15, -0.1) is 0 Å². The molecule has 2 aromatic rings. The van der Waals surface area contributed by atoms with Gasteiger partial charge >= 0.3 is 5.97 Å². The predicted octanol–water partition coefficient (Wildman–Crippen LogP) is 2.48. The van der Waals surface area contributed by atoms with Crippen LogP contribution in [0.15, 0.2) is 42.5 Å². The maximum Gasteiger partial charge on any atom is 0.375 e. The number of carbonyl (C=O) groups is 3. The third-order valence-corrected chi connectivity index (χ3v) is 3.60. The van der Waals surface area contributed by atoms with Crippen molar-refractivity contribution in [3.8, 4) is 0 Å². The first-order valence-electron chi connectivity index (χ1n) is 7.84. The van der Waals surface area contributed by atoms with Gasteiger partial charge in [-0.25, -0.2) is 4.79 Å². The molecular weight excluding hydrogens is 306 g/mol. The maximum absolute atomic E-state index is 12.2. The van der Waals surface area contributed by atoms with Crippen molar-refractivity contribution in [1.82, 2.24) is 4.90 Å². The van der Waals surface area contributed by atoms with Crippen LogP contribution in [-0.2, 0) is 14.3 Å². The smallest absolute Gasteiger partial charge is 0.375 e. The van der Waals surface area contributed by atoms with E-state index < -0.39 is 18.2 Å². The molecule has 0 aliphatic rings. The first-order chi connectivity index (χ1) is 11.5. The number of rotatable bonds is 8. The number of Topliss-reactive ketones (excluding diaryl/α,β-unsaturated/α-hetero) is 2. The molecule has 5 heteroatoms. The van der Waals surface area contributed by atoms with Crippen LogP contribution < -0.4 is 0 Å². The Bertz CT molecular complexity index is 752. The van der Waals surface area contributed by atoms with Gasteiger partial charge < -0.3 is 9.64 Å². The molecule has 0 amide bonds. The molecule has 0 aliphatic carbocycles. The summed E-state index contributed by atoms with van der Waals surface area (Å²) in [6.07, 6.45) is 0.176. The lowest BCUT2D eigenvalue weighted by Gasteiger charge is -2.09. The van der Waals surface area contributed by atoms with Crippen LogP contribution in [0.3, 0.4) is 0 Å². The summed E-state index contributed by atoms with van der Waals surface area (Å²) in [5.41, 5.74) is 0.419. The zero-order valence-corrected chi connectivity index (χ0v) is 14.0. The number of esters is 1. The van der Waals surface area contributed by atoms with Crippen LogP contribution >= 0.6 is 0 Å². The number of carbonyl (C=O) groups excluding carboxylic acids is 3. The highest BCUT2D eigenvalue weighted by atomic mass is 16.5. The van der Waals surface area contributed by atoms with E-state index in [4.69, 9.17) is 4.74 Å². The molecule has 126 valence electrons. The average Bonchev–Trinajstić information content (AvgIpc) is 2.57. The van der Waals surface area contributed by atoms with Crippen molar-refractivity contribution in [3.05, 3.63) is 48.0 Å². The molecule has 0 N–H and O–H groups in total. The topological polar surface area (TPSA) is 63.7 Å². The van der Waals surface area contributed by atoms with Gasteiger partial charge in [0, 0.05) is 12.1 Å². The van der Waals surface area contributed by atoms with Crippen molar-refractivity contribution in [2.45, 2.75) is 12.8 Å². The largest absolute Gasteiger partial charge is 0.460 e. The first kappa shape index (κ1) is 17.8. The quantitative estimate of drug-likeness (QED) is 0.245. The van der Waals surface area contributed by atoms with Crippen molar-refractivity contribution in [2.75, 3.05) is 27.2 Å². The molecule has 0 saturated carbocycles. The fourth-order valence-electron chi connectivity index (χ4n) is 2.31. The number of nitrogens with zero attached hydrogens (tertiary/aromatic N) is 1. The molecule has 0 spiro atoms. The van der Waals surface area contributed by atoms with Crippen LogP contribution in [-0.4, -0.2) is 49.7 Å². The number of hydrogen-bond donors (Lipinski definition) is 0. The van der Waals surface area contributed by atoms with Crippen LogP contribution in [0.5, 0.6) is 0 Å². The van der Waals surface area contributed by atoms with Gasteiger partial charge in [-0.1, -0.05) is 36.4 Å². The fraction of sp³-hybridized carbons (Fsp3) is 0.316. The van der Waals surface area contributed by atoms with Gasteiger partial charge in [0.1, 0.15) is 0 Å². The van der Waals surface area contributed by atoms with Crippen molar-refractivity contribution in [3.63, 3.8) is 0 Å². The number of fused-ring (bicyclic) bond motifs is 1. The van der Waals surface area contributed by atoms with Crippen molar-refractivity contribution in [1.29, 1.82) is 0 Å². The van der Waals surface area contributed by atoms with Gasteiger partial charge in [0.05, 0.1) is 13.0 Å². The lowest BCUT2D eigenvalue weighted by Crippen LogP contribution is -2.22. The fourth-order valence-corrected chi connectivity index (χ4v) is 2.31. The monoisotopic (exact) mass is 327 g/mol. The van der Waals surface area contributed by atoms with Crippen molar-refractivity contribution >= 4 is 28.3 Å². The van der Waals surface area contributed by atoms with Gasteiger partial charge in [0.25, 0.3) is 0 Å². The van der Waals surface area contributed by atoms with E-state index in [9.17, 15) is 14.4 Å². The lowest BCUT2D eigenvalue weighted by atomic mass is 10.0. The number of hydrogen-bond acceptors (Lipinski definition) is 5. The highest BCUT2D eigenvalue weighted by molar-refractivity contribution is 6.38. The van der Waals surface area contributed by atoms with E-state index in [0.717, 1.165) is 17.3 Å². The third kappa shape index (κ3) is 4.99. The summed E-state index contributed by atoms with van der Waals surface area (Å²) in [5, 5.41) is 1.93. The van der Waals surface area contributed by atoms with Gasteiger partial charge in [0.2, 0.25) is 5.78 Å².